The van der Waals surface area contributed by atoms with Gasteiger partial charge in [-0.1, -0.05) is 0 Å². The topological polar surface area (TPSA) is 79.8 Å². The molecule has 88 valence electrons. The van der Waals surface area contributed by atoms with E-state index in [9.17, 15) is 4.79 Å². The lowest BCUT2D eigenvalue weighted by atomic mass is 10.6. The predicted molar refractivity (Wildman–Crippen MR) is 64.7 cm³/mol. The number of carbonyl (C=O) groups excluding carboxylic acids is 1. The fraction of sp³-hybridized carbons (Fsp3) is 0.200. The molecule has 2 aromatic heterocycles. The summed E-state index contributed by atoms with van der Waals surface area (Å²) in [6.07, 6.45) is 6.32. The summed E-state index contributed by atoms with van der Waals surface area (Å²) in [4.78, 5) is 24.5. The molecule has 17 heavy (non-hydrogen) atoms. The summed E-state index contributed by atoms with van der Waals surface area (Å²) >= 11 is 1.55. The molecule has 2 N–H and O–H groups in total. The second-order valence-corrected chi connectivity index (χ2v) is 4.58. The van der Waals surface area contributed by atoms with Crippen molar-refractivity contribution in [1.29, 1.82) is 0 Å². The van der Waals surface area contributed by atoms with Crippen LogP contribution in [-0.2, 0) is 6.54 Å². The maximum absolute atomic E-state index is 11.5. The first-order chi connectivity index (χ1) is 8.24. The lowest BCUT2D eigenvalue weighted by Crippen LogP contribution is -2.28. The van der Waals surface area contributed by atoms with E-state index in [2.05, 4.69) is 25.6 Å². The molecule has 0 aliphatic carbocycles. The van der Waals surface area contributed by atoms with Crippen LogP contribution in [0, 0.1) is 6.92 Å². The number of anilines is 1. The maximum Gasteiger partial charge on any atom is 0.320 e. The summed E-state index contributed by atoms with van der Waals surface area (Å²) in [5.74, 6) is 0.417. The number of nitrogens with one attached hydrogen (secondary N) is 2. The van der Waals surface area contributed by atoms with Gasteiger partial charge in [0.05, 0.1) is 12.7 Å². The molecule has 0 saturated heterocycles. The van der Waals surface area contributed by atoms with Gasteiger partial charge >= 0.3 is 6.03 Å². The van der Waals surface area contributed by atoms with Crippen molar-refractivity contribution >= 4 is 23.2 Å². The third kappa shape index (κ3) is 3.49. The van der Waals surface area contributed by atoms with Gasteiger partial charge in [-0.3, -0.25) is 10.3 Å². The van der Waals surface area contributed by atoms with Gasteiger partial charge in [0.25, 0.3) is 0 Å². The van der Waals surface area contributed by atoms with E-state index in [1.54, 1.807) is 23.7 Å². The number of nitrogens with zero attached hydrogens (tertiary/aromatic N) is 3. The van der Waals surface area contributed by atoms with Crippen LogP contribution in [-0.4, -0.2) is 21.0 Å². The molecule has 0 fully saturated rings. The minimum absolute atomic E-state index is 0.321. The highest BCUT2D eigenvalue weighted by atomic mass is 32.1. The van der Waals surface area contributed by atoms with Crippen LogP contribution in [0.4, 0.5) is 10.6 Å². The zero-order valence-electron chi connectivity index (χ0n) is 9.17. The van der Waals surface area contributed by atoms with Crippen molar-refractivity contribution in [3.63, 3.8) is 0 Å². The highest BCUT2D eigenvalue weighted by molar-refractivity contribution is 7.11. The molecule has 0 unspecified atom stereocenters. The zero-order valence-corrected chi connectivity index (χ0v) is 9.99. The van der Waals surface area contributed by atoms with Gasteiger partial charge in [-0.25, -0.2) is 14.8 Å². The number of hydrogen-bond donors (Lipinski definition) is 2. The molecule has 0 radical (unpaired) electrons. The Bertz CT molecular complexity index is 498. The fourth-order valence-electron chi connectivity index (χ4n) is 1.16. The van der Waals surface area contributed by atoms with Crippen LogP contribution in [0.15, 0.2) is 24.8 Å². The first-order valence-corrected chi connectivity index (χ1v) is 5.78. The Morgan fingerprint density at radius 1 is 1.35 bits per heavy atom. The van der Waals surface area contributed by atoms with Crippen LogP contribution in [0.3, 0.4) is 0 Å². The SMILES string of the molecule is Cc1cnc(CNC(=O)Nc2cnccn2)s1. The van der Waals surface area contributed by atoms with Crippen LogP contribution in [0.1, 0.15) is 9.88 Å². The Hall–Kier alpha value is -2.02. The molecular formula is C10H11N5OS. The lowest BCUT2D eigenvalue weighted by molar-refractivity contribution is 0.251. The molecule has 0 saturated carbocycles. The Kier molecular flexibility index (Phi) is 3.61. The molecule has 0 aliphatic heterocycles. The number of aromatic nitrogens is 3. The van der Waals surface area contributed by atoms with Crippen molar-refractivity contribution in [3.05, 3.63) is 34.7 Å². The van der Waals surface area contributed by atoms with Crippen LogP contribution in [0.2, 0.25) is 0 Å². The lowest BCUT2D eigenvalue weighted by Gasteiger charge is -2.04. The number of thiazole rings is 1. The van der Waals surface area contributed by atoms with Gasteiger partial charge < -0.3 is 5.32 Å². The van der Waals surface area contributed by atoms with Gasteiger partial charge in [-0.05, 0) is 6.92 Å². The summed E-state index contributed by atoms with van der Waals surface area (Å²) in [5, 5.41) is 6.14. The molecule has 0 aliphatic rings. The minimum Gasteiger partial charge on any atom is -0.331 e. The van der Waals surface area contributed by atoms with E-state index in [4.69, 9.17) is 0 Å². The van der Waals surface area contributed by atoms with Crippen LogP contribution in [0.5, 0.6) is 0 Å². The van der Waals surface area contributed by atoms with Gasteiger partial charge in [-0.2, -0.15) is 0 Å². The van der Waals surface area contributed by atoms with Gasteiger partial charge in [0, 0.05) is 23.5 Å². The number of rotatable bonds is 3. The van der Waals surface area contributed by atoms with Crippen molar-refractivity contribution in [1.82, 2.24) is 20.3 Å². The quantitative estimate of drug-likeness (QED) is 0.865. The summed E-state index contributed by atoms with van der Waals surface area (Å²) in [6.45, 7) is 2.38. The summed E-state index contributed by atoms with van der Waals surface area (Å²) in [6, 6.07) is -0.321. The van der Waals surface area contributed by atoms with Crippen molar-refractivity contribution in [2.45, 2.75) is 13.5 Å². The Morgan fingerprint density at radius 3 is 2.88 bits per heavy atom. The van der Waals surface area contributed by atoms with Crippen molar-refractivity contribution in [3.8, 4) is 0 Å². The number of urea groups is 1. The molecule has 0 bridgehead atoms. The molecule has 2 amide bonds. The summed E-state index contributed by atoms with van der Waals surface area (Å²) in [7, 11) is 0. The first-order valence-electron chi connectivity index (χ1n) is 4.96. The van der Waals surface area contributed by atoms with Gasteiger partial charge in [0.2, 0.25) is 0 Å². The van der Waals surface area contributed by atoms with Crippen molar-refractivity contribution < 1.29 is 4.79 Å². The maximum atomic E-state index is 11.5. The van der Waals surface area contributed by atoms with Crippen molar-refractivity contribution in [2.75, 3.05) is 5.32 Å². The number of aryl methyl sites for hydroxylation is 1. The van der Waals surface area contributed by atoms with Crippen molar-refractivity contribution in [2.24, 2.45) is 0 Å². The Morgan fingerprint density at radius 2 is 2.24 bits per heavy atom. The average Bonchev–Trinajstić information content (AvgIpc) is 2.74. The third-order valence-corrected chi connectivity index (χ3v) is 2.79. The van der Waals surface area contributed by atoms with Crippen LogP contribution in [0.25, 0.3) is 0 Å². The molecule has 7 heteroatoms. The Labute approximate surface area is 102 Å². The largest absolute Gasteiger partial charge is 0.331 e. The second-order valence-electron chi connectivity index (χ2n) is 3.26. The van der Waals surface area contributed by atoms with E-state index < -0.39 is 0 Å². The van der Waals surface area contributed by atoms with E-state index in [0.29, 0.717) is 12.4 Å². The van der Waals surface area contributed by atoms with E-state index in [1.165, 1.54) is 12.4 Å². The first kappa shape index (κ1) is 11.5. The minimum atomic E-state index is -0.321. The molecule has 6 nitrogen and oxygen atoms in total. The number of amides is 2. The van der Waals surface area contributed by atoms with E-state index in [-0.39, 0.29) is 6.03 Å². The van der Waals surface area contributed by atoms with E-state index in [1.807, 2.05) is 6.92 Å². The normalized spacial score (nSPS) is 9.94. The predicted octanol–water partition coefficient (Wildman–Crippen LogP) is 1.56. The standard InChI is InChI=1S/C10H11N5OS/c1-7-4-13-9(17-7)6-14-10(16)15-8-5-11-2-3-12-8/h2-5H,6H2,1H3,(H2,12,14,15,16). The number of hydrogen-bond acceptors (Lipinski definition) is 5. The zero-order chi connectivity index (χ0) is 12.1. The van der Waals surface area contributed by atoms with Gasteiger partial charge in [-0.15, -0.1) is 11.3 Å². The molecule has 2 aromatic rings. The average molecular weight is 249 g/mol. The molecule has 0 atom stereocenters. The molecule has 0 aromatic carbocycles. The Balaban J connectivity index is 1.82. The highest BCUT2D eigenvalue weighted by Crippen LogP contribution is 2.10. The fourth-order valence-corrected chi connectivity index (χ4v) is 1.89. The molecule has 2 heterocycles. The van der Waals surface area contributed by atoms with E-state index >= 15 is 0 Å². The van der Waals surface area contributed by atoms with Gasteiger partial charge in [0.1, 0.15) is 5.01 Å². The molecule has 0 spiro atoms. The van der Waals surface area contributed by atoms with E-state index in [0.717, 1.165) is 9.88 Å². The monoisotopic (exact) mass is 249 g/mol. The molecule has 2 rings (SSSR count). The summed E-state index contributed by atoms with van der Waals surface area (Å²) in [5.41, 5.74) is 0. The molecular weight excluding hydrogens is 238 g/mol. The van der Waals surface area contributed by atoms with Crippen LogP contribution >= 0.6 is 11.3 Å². The second kappa shape index (κ2) is 5.35. The summed E-state index contributed by atoms with van der Waals surface area (Å²) < 4.78 is 0. The third-order valence-electron chi connectivity index (χ3n) is 1.87. The number of carbonyl (C=O) groups is 1. The van der Waals surface area contributed by atoms with Crippen LogP contribution < -0.4 is 10.6 Å². The smallest absolute Gasteiger partial charge is 0.320 e. The van der Waals surface area contributed by atoms with Gasteiger partial charge in [0.15, 0.2) is 5.82 Å². The highest BCUT2D eigenvalue weighted by Gasteiger charge is 2.04.